The first-order valence-electron chi connectivity index (χ1n) is 6.34. The summed E-state index contributed by atoms with van der Waals surface area (Å²) < 4.78 is 10.8. The summed E-state index contributed by atoms with van der Waals surface area (Å²) in [5.74, 6) is 0.687. The van der Waals surface area contributed by atoms with Crippen molar-refractivity contribution in [2.45, 2.75) is 45.3 Å². The van der Waals surface area contributed by atoms with Crippen molar-refractivity contribution in [2.75, 3.05) is 13.7 Å². The molecule has 1 saturated heterocycles. The predicted molar refractivity (Wildman–Crippen MR) is 65.4 cm³/mol. The van der Waals surface area contributed by atoms with E-state index in [0.29, 0.717) is 18.1 Å². The van der Waals surface area contributed by atoms with E-state index in [1.54, 1.807) is 12.7 Å². The highest BCUT2D eigenvalue weighted by Crippen LogP contribution is 2.39. The van der Waals surface area contributed by atoms with Gasteiger partial charge in [-0.05, 0) is 30.8 Å². The normalized spacial score (nSPS) is 33.3. The minimum absolute atomic E-state index is 0.307. The van der Waals surface area contributed by atoms with Crippen molar-refractivity contribution in [3.8, 4) is 0 Å². The van der Waals surface area contributed by atoms with E-state index in [1.165, 1.54) is 24.8 Å². The Labute approximate surface area is 98.3 Å². The predicted octanol–water partition coefficient (Wildman–Crippen LogP) is 3.09. The molecule has 2 rings (SSSR count). The summed E-state index contributed by atoms with van der Waals surface area (Å²) >= 11 is 0. The minimum atomic E-state index is 0.307. The van der Waals surface area contributed by atoms with Crippen molar-refractivity contribution in [1.29, 1.82) is 0 Å². The third-order valence-corrected chi connectivity index (χ3v) is 3.68. The lowest BCUT2D eigenvalue weighted by Crippen LogP contribution is -2.15. The molecule has 0 aromatic carbocycles. The SMILES string of the molecule is CCC1=CC=C(C2OC2COC)C(CC)C1. The van der Waals surface area contributed by atoms with E-state index in [-0.39, 0.29) is 0 Å². The number of methoxy groups -OCH3 is 1. The molecule has 0 saturated carbocycles. The van der Waals surface area contributed by atoms with Crippen LogP contribution in [-0.4, -0.2) is 25.9 Å². The van der Waals surface area contributed by atoms with Gasteiger partial charge in [-0.3, -0.25) is 0 Å². The maximum Gasteiger partial charge on any atom is 0.112 e. The van der Waals surface area contributed by atoms with Crippen LogP contribution in [0.4, 0.5) is 0 Å². The van der Waals surface area contributed by atoms with Gasteiger partial charge in [0.15, 0.2) is 0 Å². The second-order valence-electron chi connectivity index (χ2n) is 4.70. The number of hydrogen-bond acceptors (Lipinski definition) is 2. The Morgan fingerprint density at radius 1 is 1.38 bits per heavy atom. The smallest absolute Gasteiger partial charge is 0.112 e. The zero-order valence-electron chi connectivity index (χ0n) is 10.5. The van der Waals surface area contributed by atoms with Gasteiger partial charge in [0, 0.05) is 7.11 Å². The van der Waals surface area contributed by atoms with Crippen LogP contribution >= 0.6 is 0 Å². The van der Waals surface area contributed by atoms with E-state index in [2.05, 4.69) is 26.0 Å². The van der Waals surface area contributed by atoms with Crippen LogP contribution in [-0.2, 0) is 9.47 Å². The number of allylic oxidation sites excluding steroid dienone is 3. The van der Waals surface area contributed by atoms with Gasteiger partial charge in [0.25, 0.3) is 0 Å². The van der Waals surface area contributed by atoms with E-state index in [1.807, 2.05) is 0 Å². The van der Waals surface area contributed by atoms with Crippen LogP contribution in [0.1, 0.15) is 33.1 Å². The molecule has 1 fully saturated rings. The number of rotatable bonds is 5. The van der Waals surface area contributed by atoms with Gasteiger partial charge in [-0.1, -0.05) is 31.6 Å². The lowest BCUT2D eigenvalue weighted by Gasteiger charge is -2.22. The molecule has 1 heterocycles. The maximum absolute atomic E-state index is 5.68. The largest absolute Gasteiger partial charge is 0.382 e. The van der Waals surface area contributed by atoms with Crippen LogP contribution < -0.4 is 0 Å². The summed E-state index contributed by atoms with van der Waals surface area (Å²) in [5.41, 5.74) is 3.06. The zero-order chi connectivity index (χ0) is 11.5. The summed E-state index contributed by atoms with van der Waals surface area (Å²) in [4.78, 5) is 0. The van der Waals surface area contributed by atoms with Gasteiger partial charge in [-0.25, -0.2) is 0 Å². The summed E-state index contributed by atoms with van der Waals surface area (Å²) in [7, 11) is 1.74. The molecule has 2 aliphatic rings. The third kappa shape index (κ3) is 2.38. The molecule has 0 aromatic heterocycles. The molecule has 3 atom stereocenters. The molecule has 2 heteroatoms. The molecule has 3 unspecified atom stereocenters. The van der Waals surface area contributed by atoms with E-state index >= 15 is 0 Å². The van der Waals surface area contributed by atoms with Crippen LogP contribution in [0.3, 0.4) is 0 Å². The Bertz CT molecular complexity index is 304. The Kier molecular flexibility index (Phi) is 3.82. The van der Waals surface area contributed by atoms with Crippen LogP contribution in [0.25, 0.3) is 0 Å². The first-order valence-corrected chi connectivity index (χ1v) is 6.34. The summed E-state index contributed by atoms with van der Waals surface area (Å²) in [6.07, 6.45) is 8.82. The average molecular weight is 222 g/mol. The topological polar surface area (TPSA) is 21.8 Å². The lowest BCUT2D eigenvalue weighted by molar-refractivity contribution is 0.171. The number of hydrogen-bond donors (Lipinski definition) is 0. The molecule has 1 aliphatic carbocycles. The van der Waals surface area contributed by atoms with Crippen LogP contribution in [0.15, 0.2) is 23.3 Å². The molecule has 0 amide bonds. The van der Waals surface area contributed by atoms with Crippen molar-refractivity contribution < 1.29 is 9.47 Å². The first-order chi connectivity index (χ1) is 7.80. The standard InChI is InChI=1S/C14H22O2/c1-4-10-6-7-12(11(5-2)8-10)14-13(16-14)9-15-3/h6-7,11,13-14H,4-5,8-9H2,1-3H3. The Balaban J connectivity index is 2.02. The highest BCUT2D eigenvalue weighted by molar-refractivity contribution is 5.32. The summed E-state index contributed by atoms with van der Waals surface area (Å²) in [6, 6.07) is 0. The molecule has 0 aromatic rings. The molecule has 0 N–H and O–H groups in total. The second-order valence-corrected chi connectivity index (χ2v) is 4.70. The van der Waals surface area contributed by atoms with Gasteiger partial charge in [0.05, 0.1) is 6.61 Å². The first kappa shape index (κ1) is 11.9. The molecular formula is C14H22O2. The van der Waals surface area contributed by atoms with Crippen molar-refractivity contribution in [3.63, 3.8) is 0 Å². The van der Waals surface area contributed by atoms with E-state index < -0.39 is 0 Å². The maximum atomic E-state index is 5.68. The lowest BCUT2D eigenvalue weighted by atomic mass is 9.82. The quantitative estimate of drug-likeness (QED) is 0.667. The molecule has 16 heavy (non-hydrogen) atoms. The summed E-state index contributed by atoms with van der Waals surface area (Å²) in [5, 5.41) is 0. The molecule has 90 valence electrons. The van der Waals surface area contributed by atoms with E-state index in [4.69, 9.17) is 9.47 Å². The second kappa shape index (κ2) is 5.15. The van der Waals surface area contributed by atoms with Crippen molar-refractivity contribution in [1.82, 2.24) is 0 Å². The molecule has 0 spiro atoms. The Hall–Kier alpha value is -0.600. The van der Waals surface area contributed by atoms with E-state index in [9.17, 15) is 0 Å². The minimum Gasteiger partial charge on any atom is -0.382 e. The zero-order valence-corrected chi connectivity index (χ0v) is 10.5. The molecule has 0 radical (unpaired) electrons. The fourth-order valence-corrected chi connectivity index (χ4v) is 2.55. The summed E-state index contributed by atoms with van der Waals surface area (Å²) in [6.45, 7) is 5.23. The highest BCUT2D eigenvalue weighted by Gasteiger charge is 2.43. The van der Waals surface area contributed by atoms with E-state index in [0.717, 1.165) is 6.61 Å². The third-order valence-electron chi connectivity index (χ3n) is 3.68. The van der Waals surface area contributed by atoms with Crippen LogP contribution in [0, 0.1) is 5.92 Å². The Morgan fingerprint density at radius 2 is 2.19 bits per heavy atom. The molecular weight excluding hydrogens is 200 g/mol. The fourth-order valence-electron chi connectivity index (χ4n) is 2.55. The van der Waals surface area contributed by atoms with Crippen molar-refractivity contribution in [3.05, 3.63) is 23.3 Å². The monoisotopic (exact) mass is 222 g/mol. The Morgan fingerprint density at radius 3 is 2.81 bits per heavy atom. The van der Waals surface area contributed by atoms with Gasteiger partial charge in [0.2, 0.25) is 0 Å². The number of epoxide rings is 1. The number of ether oxygens (including phenoxy) is 2. The van der Waals surface area contributed by atoms with Gasteiger partial charge in [-0.15, -0.1) is 0 Å². The van der Waals surface area contributed by atoms with Crippen molar-refractivity contribution >= 4 is 0 Å². The highest BCUT2D eigenvalue weighted by atomic mass is 16.6. The average Bonchev–Trinajstić information content (AvgIpc) is 3.08. The molecule has 0 bridgehead atoms. The fraction of sp³-hybridized carbons (Fsp3) is 0.714. The van der Waals surface area contributed by atoms with Crippen LogP contribution in [0.2, 0.25) is 0 Å². The molecule has 2 nitrogen and oxygen atoms in total. The van der Waals surface area contributed by atoms with Gasteiger partial charge in [-0.2, -0.15) is 0 Å². The van der Waals surface area contributed by atoms with Crippen LogP contribution in [0.5, 0.6) is 0 Å². The van der Waals surface area contributed by atoms with Gasteiger partial charge in [0.1, 0.15) is 12.2 Å². The van der Waals surface area contributed by atoms with Crippen molar-refractivity contribution in [2.24, 2.45) is 5.92 Å². The van der Waals surface area contributed by atoms with Gasteiger partial charge >= 0.3 is 0 Å². The van der Waals surface area contributed by atoms with Gasteiger partial charge < -0.3 is 9.47 Å². The molecule has 1 aliphatic heterocycles.